The summed E-state index contributed by atoms with van der Waals surface area (Å²) in [5, 5.41) is 0.708. The van der Waals surface area contributed by atoms with E-state index in [1.165, 1.54) is 7.11 Å². The number of nitroso groups, excluding NO2 is 1. The van der Waals surface area contributed by atoms with E-state index in [0.717, 1.165) is 0 Å². The standard InChI is InChI=1S/C4H7N2O3/c1-9-6-4(7)2-3-5(6)8/h2-3H2,1H3/q+1. The third-order valence-corrected chi connectivity index (χ3v) is 1.11. The molecule has 0 radical (unpaired) electrons. The molecule has 0 saturated carbocycles. The van der Waals surface area contributed by atoms with Crippen LogP contribution in [0.3, 0.4) is 0 Å². The number of carbonyl (C=O) groups is 1. The fourth-order valence-electron chi connectivity index (χ4n) is 0.695. The monoisotopic (exact) mass is 131 g/mol. The van der Waals surface area contributed by atoms with E-state index in [-0.39, 0.29) is 18.9 Å². The van der Waals surface area contributed by atoms with Crippen LogP contribution in [0.25, 0.3) is 0 Å². The first-order valence-corrected chi connectivity index (χ1v) is 2.57. The Labute approximate surface area is 51.7 Å². The molecule has 0 N–H and O–H groups in total. The van der Waals surface area contributed by atoms with Crippen molar-refractivity contribution in [2.24, 2.45) is 0 Å². The lowest BCUT2D eigenvalue weighted by Crippen LogP contribution is -2.28. The van der Waals surface area contributed by atoms with Gasteiger partial charge in [0.25, 0.3) is 0 Å². The number of carbonyl (C=O) groups excluding carboxylic acids is 1. The summed E-state index contributed by atoms with van der Waals surface area (Å²) in [5.41, 5.74) is 0. The van der Waals surface area contributed by atoms with Crippen molar-refractivity contribution >= 4 is 5.91 Å². The van der Waals surface area contributed by atoms with Gasteiger partial charge < -0.3 is 0 Å². The smallest absolute Gasteiger partial charge is 0.265 e. The molecule has 9 heavy (non-hydrogen) atoms. The highest BCUT2D eigenvalue weighted by molar-refractivity contribution is 5.74. The van der Waals surface area contributed by atoms with Gasteiger partial charge in [-0.15, -0.1) is 0 Å². The van der Waals surface area contributed by atoms with Crippen LogP contribution < -0.4 is 0 Å². The van der Waals surface area contributed by atoms with Crippen LogP contribution in [0.15, 0.2) is 0 Å². The van der Waals surface area contributed by atoms with Crippen molar-refractivity contribution in [1.82, 2.24) is 5.17 Å². The fraction of sp³-hybridized carbons (Fsp3) is 0.750. The molecule has 1 aliphatic heterocycles. The van der Waals surface area contributed by atoms with E-state index in [0.29, 0.717) is 10.0 Å². The Kier molecular flexibility index (Phi) is 1.44. The lowest BCUT2D eigenvalue weighted by Gasteiger charge is -1.97. The topological polar surface area (TPSA) is 49.6 Å². The maximum absolute atomic E-state index is 10.6. The first kappa shape index (κ1) is 6.15. The van der Waals surface area contributed by atoms with Gasteiger partial charge in [0.15, 0.2) is 4.87 Å². The zero-order valence-electron chi connectivity index (χ0n) is 5.03. The Morgan fingerprint density at radius 1 is 1.78 bits per heavy atom. The molecule has 1 rings (SSSR count). The summed E-state index contributed by atoms with van der Waals surface area (Å²) < 4.78 is 0. The highest BCUT2D eigenvalue weighted by Crippen LogP contribution is 2.04. The maximum atomic E-state index is 10.6. The highest BCUT2D eigenvalue weighted by atomic mass is 16.7. The summed E-state index contributed by atoms with van der Waals surface area (Å²) >= 11 is 0. The van der Waals surface area contributed by atoms with Crippen LogP contribution in [0.5, 0.6) is 0 Å². The second kappa shape index (κ2) is 2.10. The highest BCUT2D eigenvalue weighted by Gasteiger charge is 2.37. The van der Waals surface area contributed by atoms with Crippen molar-refractivity contribution in [3.63, 3.8) is 0 Å². The normalized spacial score (nSPS) is 19.4. The Hall–Kier alpha value is -0.970. The molecule has 1 aliphatic rings. The summed E-state index contributed by atoms with van der Waals surface area (Å²) in [5.74, 6) is -0.285. The van der Waals surface area contributed by atoms with Crippen LogP contribution in [0.2, 0.25) is 0 Å². The summed E-state index contributed by atoms with van der Waals surface area (Å²) in [7, 11) is 1.29. The van der Waals surface area contributed by atoms with E-state index in [1.54, 1.807) is 0 Å². The summed E-state index contributed by atoms with van der Waals surface area (Å²) in [6.07, 6.45) is 0.247. The van der Waals surface area contributed by atoms with Gasteiger partial charge in [-0.3, -0.25) is 4.79 Å². The predicted octanol–water partition coefficient (Wildman–Crippen LogP) is -0.526. The molecular weight excluding hydrogens is 124 g/mol. The molecule has 1 fully saturated rings. The average molecular weight is 131 g/mol. The van der Waals surface area contributed by atoms with Crippen LogP contribution in [-0.4, -0.2) is 29.6 Å². The van der Waals surface area contributed by atoms with E-state index in [9.17, 15) is 9.70 Å². The Morgan fingerprint density at radius 2 is 2.44 bits per heavy atom. The van der Waals surface area contributed by atoms with Crippen molar-refractivity contribution in [3.05, 3.63) is 4.91 Å². The van der Waals surface area contributed by atoms with Gasteiger partial charge in [-0.1, -0.05) is 0 Å². The van der Waals surface area contributed by atoms with Crippen LogP contribution >= 0.6 is 0 Å². The van der Waals surface area contributed by atoms with Gasteiger partial charge in [-0.25, -0.2) is 4.84 Å². The Morgan fingerprint density at radius 3 is 2.67 bits per heavy atom. The largest absolute Gasteiger partial charge is 0.321 e. The van der Waals surface area contributed by atoms with Crippen LogP contribution in [-0.2, 0) is 9.63 Å². The molecule has 0 spiro atoms. The first-order valence-electron chi connectivity index (χ1n) is 2.57. The van der Waals surface area contributed by atoms with Crippen molar-refractivity contribution in [2.45, 2.75) is 6.42 Å². The molecule has 0 aromatic rings. The Bertz CT molecular complexity index is 140. The van der Waals surface area contributed by atoms with Gasteiger partial charge >= 0.3 is 5.91 Å². The van der Waals surface area contributed by atoms with Crippen molar-refractivity contribution < 1.29 is 14.5 Å². The molecule has 1 saturated heterocycles. The molecule has 0 unspecified atom stereocenters. The second-order valence-corrected chi connectivity index (χ2v) is 1.68. The summed E-state index contributed by atoms with van der Waals surface area (Å²) in [6, 6.07) is 0. The average Bonchev–Trinajstić information content (AvgIpc) is 2.12. The zero-order chi connectivity index (χ0) is 6.85. The van der Waals surface area contributed by atoms with Gasteiger partial charge in [0.2, 0.25) is 6.54 Å². The van der Waals surface area contributed by atoms with E-state index >= 15 is 0 Å². The molecule has 0 atom stereocenters. The third-order valence-electron chi connectivity index (χ3n) is 1.11. The number of hydrogen-bond acceptors (Lipinski definition) is 3. The molecule has 1 heterocycles. The van der Waals surface area contributed by atoms with Crippen molar-refractivity contribution in [1.29, 1.82) is 0 Å². The molecule has 0 aromatic carbocycles. The molecule has 1 amide bonds. The lowest BCUT2D eigenvalue weighted by molar-refractivity contribution is -0.737. The van der Waals surface area contributed by atoms with Crippen molar-refractivity contribution in [3.8, 4) is 0 Å². The SMILES string of the molecule is CON1C(=O)CC[N+]1=O. The zero-order valence-corrected chi connectivity index (χ0v) is 5.03. The van der Waals surface area contributed by atoms with Crippen molar-refractivity contribution in [2.75, 3.05) is 13.7 Å². The molecule has 0 aromatic heterocycles. The first-order chi connectivity index (χ1) is 4.25. The van der Waals surface area contributed by atoms with Gasteiger partial charge in [0.1, 0.15) is 6.42 Å². The summed E-state index contributed by atoms with van der Waals surface area (Å²) in [4.78, 5) is 26.0. The molecule has 5 nitrogen and oxygen atoms in total. The summed E-state index contributed by atoms with van der Waals surface area (Å²) in [6.45, 7) is 0.201. The van der Waals surface area contributed by atoms with E-state index in [2.05, 4.69) is 4.84 Å². The minimum Gasteiger partial charge on any atom is -0.265 e. The molecule has 0 aliphatic carbocycles. The number of rotatable bonds is 1. The minimum absolute atomic E-state index is 0.201. The second-order valence-electron chi connectivity index (χ2n) is 1.68. The molecular formula is C4H7N2O3+. The minimum atomic E-state index is -0.285. The van der Waals surface area contributed by atoms with Gasteiger partial charge in [0.05, 0.1) is 17.2 Å². The quantitative estimate of drug-likeness (QED) is 0.449. The number of hydrogen-bond donors (Lipinski definition) is 0. The Balaban J connectivity index is 2.66. The van der Waals surface area contributed by atoms with E-state index < -0.39 is 0 Å². The van der Waals surface area contributed by atoms with Gasteiger partial charge in [-0.2, -0.15) is 0 Å². The van der Waals surface area contributed by atoms with Crippen LogP contribution in [0.1, 0.15) is 6.42 Å². The fourth-order valence-corrected chi connectivity index (χ4v) is 0.695. The van der Waals surface area contributed by atoms with Crippen LogP contribution in [0.4, 0.5) is 0 Å². The van der Waals surface area contributed by atoms with Gasteiger partial charge in [-0.05, 0) is 0 Å². The maximum Gasteiger partial charge on any atom is 0.321 e. The van der Waals surface area contributed by atoms with E-state index in [4.69, 9.17) is 0 Å². The predicted molar refractivity (Wildman–Crippen MR) is 27.0 cm³/mol. The van der Waals surface area contributed by atoms with Gasteiger partial charge in [0, 0.05) is 0 Å². The van der Waals surface area contributed by atoms with E-state index in [1.807, 2.05) is 0 Å². The lowest BCUT2D eigenvalue weighted by atomic mass is 10.5. The van der Waals surface area contributed by atoms with Crippen LogP contribution in [0, 0.1) is 4.91 Å². The number of nitrogens with zero attached hydrogens (tertiary/aromatic N) is 2. The number of hydrazine groups is 1. The molecule has 50 valence electrons. The molecule has 5 heteroatoms. The number of hydroxylamine groups is 1. The molecule has 0 bridgehead atoms. The number of amides is 1. The third kappa shape index (κ3) is 0.904.